The quantitative estimate of drug-likeness (QED) is 0.579. The summed E-state index contributed by atoms with van der Waals surface area (Å²) in [6, 6.07) is 8.22. The first-order chi connectivity index (χ1) is 17.4. The van der Waals surface area contributed by atoms with E-state index in [1.165, 1.54) is 10.9 Å². The minimum atomic E-state index is -0.760. The van der Waals surface area contributed by atoms with Gasteiger partial charge in [-0.1, -0.05) is 18.2 Å². The van der Waals surface area contributed by atoms with E-state index in [0.717, 1.165) is 56.4 Å². The lowest BCUT2D eigenvalue weighted by atomic mass is 9.67. The van der Waals surface area contributed by atoms with E-state index < -0.39 is 17.4 Å². The van der Waals surface area contributed by atoms with Crippen LogP contribution in [0.5, 0.6) is 0 Å². The summed E-state index contributed by atoms with van der Waals surface area (Å²) in [6.07, 6.45) is 5.15. The first-order valence-electron chi connectivity index (χ1n) is 13.4. The van der Waals surface area contributed by atoms with Crippen LogP contribution in [0.4, 0.5) is 0 Å². The van der Waals surface area contributed by atoms with E-state index in [9.17, 15) is 14.4 Å². The SMILES string of the molecule is COCCCNC(=O)CC1C[C@H](C(=O)N2CCCCC2)[C@@]2(C)c3[nH]c4ccccc4c3CCN2C1=O. The number of hydrogen-bond donors (Lipinski definition) is 2. The summed E-state index contributed by atoms with van der Waals surface area (Å²) in [4.78, 5) is 48.1. The molecule has 5 rings (SSSR count). The Bertz CT molecular complexity index is 1140. The van der Waals surface area contributed by atoms with Crippen molar-refractivity contribution in [3.8, 4) is 0 Å². The van der Waals surface area contributed by atoms with Crippen LogP contribution in [0.2, 0.25) is 0 Å². The number of aromatic nitrogens is 1. The van der Waals surface area contributed by atoms with Gasteiger partial charge in [-0.3, -0.25) is 14.4 Å². The number of nitrogens with one attached hydrogen (secondary N) is 2. The fourth-order valence-corrected chi connectivity index (χ4v) is 6.61. The second-order valence-electron chi connectivity index (χ2n) is 10.7. The molecule has 1 aromatic heterocycles. The van der Waals surface area contributed by atoms with E-state index in [1.54, 1.807) is 7.11 Å². The zero-order valence-corrected chi connectivity index (χ0v) is 21.5. The van der Waals surface area contributed by atoms with Gasteiger partial charge in [-0.2, -0.15) is 0 Å². The summed E-state index contributed by atoms with van der Waals surface area (Å²) in [5.74, 6) is -0.930. The van der Waals surface area contributed by atoms with Gasteiger partial charge < -0.3 is 24.8 Å². The number of para-hydroxylation sites is 1. The van der Waals surface area contributed by atoms with Crippen LogP contribution in [-0.2, 0) is 31.1 Å². The van der Waals surface area contributed by atoms with E-state index in [0.29, 0.717) is 26.1 Å². The monoisotopic (exact) mass is 494 g/mol. The summed E-state index contributed by atoms with van der Waals surface area (Å²) in [5.41, 5.74) is 2.48. The molecule has 0 aliphatic carbocycles. The molecule has 194 valence electrons. The molecule has 36 heavy (non-hydrogen) atoms. The van der Waals surface area contributed by atoms with Crippen LogP contribution < -0.4 is 5.32 Å². The van der Waals surface area contributed by atoms with Gasteiger partial charge in [0.05, 0.1) is 11.5 Å². The van der Waals surface area contributed by atoms with Crippen LogP contribution in [0, 0.1) is 11.8 Å². The third-order valence-electron chi connectivity index (χ3n) is 8.52. The number of carbonyl (C=O) groups excluding carboxylic acids is 3. The number of hydrogen-bond acceptors (Lipinski definition) is 4. The van der Waals surface area contributed by atoms with E-state index in [4.69, 9.17) is 4.74 Å². The van der Waals surface area contributed by atoms with Crippen molar-refractivity contribution < 1.29 is 19.1 Å². The van der Waals surface area contributed by atoms with Gasteiger partial charge in [0.1, 0.15) is 0 Å². The number of benzene rings is 1. The first-order valence-corrected chi connectivity index (χ1v) is 13.4. The molecule has 2 N–H and O–H groups in total. The summed E-state index contributed by atoms with van der Waals surface area (Å²) in [7, 11) is 1.64. The lowest BCUT2D eigenvalue weighted by Gasteiger charge is -2.54. The fourth-order valence-electron chi connectivity index (χ4n) is 6.61. The molecule has 0 saturated carbocycles. The smallest absolute Gasteiger partial charge is 0.228 e. The highest BCUT2D eigenvalue weighted by Crippen LogP contribution is 2.50. The molecule has 2 aromatic rings. The van der Waals surface area contributed by atoms with Gasteiger partial charge in [0, 0.05) is 68.8 Å². The Hall–Kier alpha value is -2.87. The molecule has 8 heteroatoms. The highest BCUT2D eigenvalue weighted by atomic mass is 16.5. The van der Waals surface area contributed by atoms with Crippen molar-refractivity contribution >= 4 is 28.6 Å². The maximum absolute atomic E-state index is 14.1. The molecule has 8 nitrogen and oxygen atoms in total. The molecule has 3 amide bonds. The topological polar surface area (TPSA) is 94.7 Å². The van der Waals surface area contributed by atoms with Crippen LogP contribution >= 0.6 is 0 Å². The molecule has 3 atom stereocenters. The lowest BCUT2D eigenvalue weighted by Crippen LogP contribution is -2.64. The van der Waals surface area contributed by atoms with Gasteiger partial charge in [0.25, 0.3) is 0 Å². The number of piperidine rings is 2. The van der Waals surface area contributed by atoms with Gasteiger partial charge in [-0.15, -0.1) is 0 Å². The van der Waals surface area contributed by atoms with E-state index in [1.807, 2.05) is 21.9 Å². The Morgan fingerprint density at radius 1 is 1.17 bits per heavy atom. The lowest BCUT2D eigenvalue weighted by molar-refractivity contribution is -0.164. The van der Waals surface area contributed by atoms with Crippen LogP contribution in [0.25, 0.3) is 10.9 Å². The van der Waals surface area contributed by atoms with Gasteiger partial charge in [0.15, 0.2) is 0 Å². The van der Waals surface area contributed by atoms with Crippen LogP contribution in [0.15, 0.2) is 24.3 Å². The number of ether oxygens (including phenoxy) is 1. The maximum Gasteiger partial charge on any atom is 0.228 e. The molecule has 3 aliphatic rings. The normalized spacial score (nSPS) is 26.0. The number of fused-ring (bicyclic) bond motifs is 5. The average molecular weight is 495 g/mol. The third-order valence-corrected chi connectivity index (χ3v) is 8.52. The van der Waals surface area contributed by atoms with Crippen LogP contribution in [0.3, 0.4) is 0 Å². The van der Waals surface area contributed by atoms with Crippen molar-refractivity contribution in [2.45, 2.75) is 57.4 Å². The second kappa shape index (κ2) is 10.2. The first kappa shape index (κ1) is 24.8. The van der Waals surface area contributed by atoms with E-state index in [2.05, 4.69) is 29.4 Å². The van der Waals surface area contributed by atoms with Gasteiger partial charge in [-0.05, 0) is 57.1 Å². The number of aromatic amines is 1. The Balaban J connectivity index is 1.47. The van der Waals surface area contributed by atoms with Crippen molar-refractivity contribution in [2.75, 3.05) is 39.9 Å². The number of methoxy groups -OCH3 is 1. The van der Waals surface area contributed by atoms with Crippen LogP contribution in [0.1, 0.15) is 56.7 Å². The molecular weight excluding hydrogens is 456 g/mol. The zero-order valence-electron chi connectivity index (χ0n) is 21.5. The number of carbonyl (C=O) groups is 3. The molecule has 3 aliphatic heterocycles. The average Bonchev–Trinajstić information content (AvgIpc) is 3.28. The molecule has 1 unspecified atom stereocenters. The molecule has 2 fully saturated rings. The minimum absolute atomic E-state index is 0.0171. The summed E-state index contributed by atoms with van der Waals surface area (Å²) in [5, 5.41) is 4.09. The van der Waals surface area contributed by atoms with Crippen molar-refractivity contribution in [1.29, 1.82) is 0 Å². The number of likely N-dealkylation sites (tertiary alicyclic amines) is 1. The highest BCUT2D eigenvalue weighted by molar-refractivity contribution is 5.93. The largest absolute Gasteiger partial charge is 0.385 e. The Labute approximate surface area is 212 Å². The highest BCUT2D eigenvalue weighted by Gasteiger charge is 2.57. The third kappa shape index (κ3) is 4.29. The minimum Gasteiger partial charge on any atom is -0.385 e. The van der Waals surface area contributed by atoms with Crippen molar-refractivity contribution in [3.05, 3.63) is 35.5 Å². The number of rotatable bonds is 7. The molecule has 0 radical (unpaired) electrons. The van der Waals surface area contributed by atoms with E-state index in [-0.39, 0.29) is 24.1 Å². The molecule has 0 spiro atoms. The van der Waals surface area contributed by atoms with Gasteiger partial charge >= 0.3 is 0 Å². The Morgan fingerprint density at radius 2 is 1.94 bits per heavy atom. The second-order valence-corrected chi connectivity index (χ2v) is 10.7. The molecule has 4 heterocycles. The number of nitrogens with zero attached hydrogens (tertiary/aromatic N) is 2. The van der Waals surface area contributed by atoms with Gasteiger partial charge in [0.2, 0.25) is 17.7 Å². The number of amides is 3. The summed E-state index contributed by atoms with van der Waals surface area (Å²) < 4.78 is 5.05. The molecule has 1 aromatic carbocycles. The molecule has 0 bridgehead atoms. The fraction of sp³-hybridized carbons (Fsp3) is 0.607. The zero-order chi connectivity index (χ0) is 25.3. The van der Waals surface area contributed by atoms with Crippen molar-refractivity contribution in [1.82, 2.24) is 20.1 Å². The molecular formula is C28H38N4O4. The van der Waals surface area contributed by atoms with Crippen molar-refractivity contribution in [3.63, 3.8) is 0 Å². The summed E-state index contributed by atoms with van der Waals surface area (Å²) in [6.45, 7) is 5.25. The van der Waals surface area contributed by atoms with E-state index >= 15 is 0 Å². The Morgan fingerprint density at radius 3 is 2.72 bits per heavy atom. The van der Waals surface area contributed by atoms with Crippen molar-refractivity contribution in [2.24, 2.45) is 11.8 Å². The maximum atomic E-state index is 14.1. The molecule has 2 saturated heterocycles. The predicted molar refractivity (Wildman–Crippen MR) is 137 cm³/mol. The summed E-state index contributed by atoms with van der Waals surface area (Å²) >= 11 is 0. The van der Waals surface area contributed by atoms with Crippen LogP contribution in [-0.4, -0.2) is 72.4 Å². The standard InChI is InChI=1S/C28H38N4O4/c1-28-22(27(35)31-13-6-3-7-14-31)17-19(18-24(33)29-12-8-16-36-2)26(34)32(28)15-11-21-20-9-4-5-10-23(20)30-25(21)28/h4-5,9-10,19,22,30H,3,6-8,11-18H2,1-2H3,(H,29,33)/t19?,22-,28+/m1/s1. The number of H-pyrrole nitrogens is 1. The predicted octanol–water partition coefficient (Wildman–Crippen LogP) is 2.96. The Kier molecular flexibility index (Phi) is 7.06. The van der Waals surface area contributed by atoms with Gasteiger partial charge in [-0.25, -0.2) is 0 Å².